The molecule has 1 aliphatic heterocycles. The smallest absolute Gasteiger partial charge is 0.317 e. The van der Waals surface area contributed by atoms with Crippen molar-refractivity contribution in [2.45, 2.75) is 0 Å². The van der Waals surface area contributed by atoms with Crippen molar-refractivity contribution >= 4 is 18.2 Å². The Bertz CT molecular complexity index is 325. The summed E-state index contributed by atoms with van der Waals surface area (Å²) in [5.74, 6) is -1.81. The van der Waals surface area contributed by atoms with Crippen LogP contribution in [0.2, 0.25) is 0 Å². The Morgan fingerprint density at radius 3 is 1.45 bits per heavy atom. The predicted octanol–water partition coefficient (Wildman–Crippen LogP) is -2.15. The van der Waals surface area contributed by atoms with Gasteiger partial charge in [-0.15, -0.1) is 0 Å². The maximum atomic E-state index is 10.8. The zero-order valence-corrected chi connectivity index (χ0v) is 13.0. The van der Waals surface area contributed by atoms with Crippen LogP contribution in [0.25, 0.3) is 0 Å². The van der Waals surface area contributed by atoms with Gasteiger partial charge >= 0.3 is 11.9 Å². The fourth-order valence-electron chi connectivity index (χ4n) is 2.17. The first-order valence-corrected chi connectivity index (χ1v) is 7.13. The average molecular weight is 318 g/mol. The maximum Gasteiger partial charge on any atom is 0.317 e. The summed E-state index contributed by atoms with van der Waals surface area (Å²) in [5.41, 5.74) is 4.50. The highest BCUT2D eigenvalue weighted by molar-refractivity contribution is 5.69. The van der Waals surface area contributed by atoms with Crippen molar-refractivity contribution in [3.05, 3.63) is 0 Å². The van der Waals surface area contributed by atoms with E-state index in [1.807, 2.05) is 4.90 Å². The first-order valence-electron chi connectivity index (χ1n) is 7.13. The Morgan fingerprint density at radius 1 is 0.864 bits per heavy atom. The molecule has 0 unspecified atom stereocenters. The van der Waals surface area contributed by atoms with Gasteiger partial charge in [0.1, 0.15) is 6.29 Å². The minimum absolute atomic E-state index is 0.0736. The van der Waals surface area contributed by atoms with E-state index < -0.39 is 11.9 Å². The van der Waals surface area contributed by atoms with Crippen molar-refractivity contribution < 1.29 is 24.6 Å². The number of carboxylic acids is 2. The van der Waals surface area contributed by atoms with Gasteiger partial charge in [-0.25, -0.2) is 0 Å². The van der Waals surface area contributed by atoms with Crippen LogP contribution in [0, 0.1) is 0 Å². The van der Waals surface area contributed by atoms with Crippen molar-refractivity contribution in [1.29, 1.82) is 0 Å². The van der Waals surface area contributed by atoms with Crippen LogP contribution in [-0.4, -0.2) is 109 Å². The SMILES string of the molecule is CN.O=CCN1CCN(CC(=O)O)CCN(CC(=O)O)CC1. The van der Waals surface area contributed by atoms with Crippen molar-refractivity contribution in [1.82, 2.24) is 14.7 Å². The lowest BCUT2D eigenvalue weighted by Crippen LogP contribution is -2.40. The largest absolute Gasteiger partial charge is 0.480 e. The Labute approximate surface area is 130 Å². The van der Waals surface area contributed by atoms with Gasteiger partial charge in [0.25, 0.3) is 0 Å². The highest BCUT2D eigenvalue weighted by Gasteiger charge is 2.18. The normalized spacial score (nSPS) is 18.3. The molecular formula is C13H26N4O5. The molecule has 1 heterocycles. The summed E-state index contributed by atoms with van der Waals surface area (Å²) in [4.78, 5) is 37.6. The van der Waals surface area contributed by atoms with Crippen LogP contribution in [0.15, 0.2) is 0 Å². The molecule has 0 aromatic carbocycles. The van der Waals surface area contributed by atoms with E-state index in [0.717, 1.165) is 6.29 Å². The monoisotopic (exact) mass is 318 g/mol. The van der Waals surface area contributed by atoms with Crippen molar-refractivity contribution in [3.8, 4) is 0 Å². The summed E-state index contributed by atoms with van der Waals surface area (Å²) in [7, 11) is 1.50. The standard InChI is InChI=1S/C12H21N3O5.CH5N/c16-8-7-13-1-3-14(9-11(17)18)5-6-15(4-2-13)10-12(19)20;1-2/h8H,1-7,9-10H2,(H,17,18)(H,19,20);2H2,1H3. The first kappa shape index (κ1) is 20.5. The number of nitrogens with zero attached hydrogens (tertiary/aromatic N) is 3. The molecule has 0 aliphatic carbocycles. The molecule has 1 fully saturated rings. The summed E-state index contributed by atoms with van der Waals surface area (Å²) < 4.78 is 0. The molecule has 0 radical (unpaired) electrons. The van der Waals surface area contributed by atoms with Crippen molar-refractivity contribution in [2.24, 2.45) is 5.73 Å². The number of aldehydes is 1. The lowest BCUT2D eigenvalue weighted by Gasteiger charge is -2.23. The van der Waals surface area contributed by atoms with Gasteiger partial charge in [-0.3, -0.25) is 24.3 Å². The van der Waals surface area contributed by atoms with Gasteiger partial charge in [-0.05, 0) is 7.05 Å². The summed E-state index contributed by atoms with van der Waals surface area (Å²) in [6.07, 6.45) is 0.807. The molecule has 1 aliphatic rings. The van der Waals surface area contributed by atoms with Gasteiger partial charge in [0.2, 0.25) is 0 Å². The molecule has 4 N–H and O–H groups in total. The summed E-state index contributed by atoms with van der Waals surface area (Å²) in [5, 5.41) is 17.7. The average Bonchev–Trinajstić information content (AvgIpc) is 2.54. The van der Waals surface area contributed by atoms with Crippen LogP contribution in [0.4, 0.5) is 0 Å². The van der Waals surface area contributed by atoms with Gasteiger partial charge in [-0.1, -0.05) is 0 Å². The Morgan fingerprint density at radius 2 is 1.18 bits per heavy atom. The zero-order chi connectivity index (χ0) is 17.0. The highest BCUT2D eigenvalue weighted by Crippen LogP contribution is 2.00. The lowest BCUT2D eigenvalue weighted by molar-refractivity contribution is -0.140. The van der Waals surface area contributed by atoms with E-state index in [1.165, 1.54) is 7.05 Å². The molecule has 0 bridgehead atoms. The minimum Gasteiger partial charge on any atom is -0.480 e. The highest BCUT2D eigenvalue weighted by atomic mass is 16.4. The second-order valence-electron chi connectivity index (χ2n) is 4.81. The topological polar surface area (TPSA) is 127 Å². The molecule has 9 nitrogen and oxygen atoms in total. The third kappa shape index (κ3) is 9.40. The van der Waals surface area contributed by atoms with E-state index in [-0.39, 0.29) is 19.6 Å². The van der Waals surface area contributed by atoms with E-state index in [9.17, 15) is 14.4 Å². The summed E-state index contributed by atoms with van der Waals surface area (Å²) >= 11 is 0. The summed E-state index contributed by atoms with van der Waals surface area (Å²) in [6.45, 7) is 3.47. The minimum atomic E-state index is -0.907. The number of carboxylic acid groups (broad SMARTS) is 2. The fraction of sp³-hybridized carbons (Fsp3) is 0.769. The molecule has 9 heteroatoms. The van der Waals surface area contributed by atoms with Crippen LogP contribution in [0.1, 0.15) is 0 Å². The van der Waals surface area contributed by atoms with Gasteiger partial charge in [0, 0.05) is 39.3 Å². The van der Waals surface area contributed by atoms with Crippen LogP contribution in [-0.2, 0) is 14.4 Å². The number of hydrogen-bond donors (Lipinski definition) is 3. The Hall–Kier alpha value is -1.55. The van der Waals surface area contributed by atoms with Crippen molar-refractivity contribution in [2.75, 3.05) is 66.0 Å². The first-order chi connectivity index (χ1) is 10.5. The number of nitrogens with two attached hydrogens (primary N) is 1. The van der Waals surface area contributed by atoms with Crippen LogP contribution < -0.4 is 5.73 Å². The third-order valence-electron chi connectivity index (χ3n) is 3.25. The molecule has 1 rings (SSSR count). The number of rotatable bonds is 6. The van der Waals surface area contributed by atoms with E-state index in [4.69, 9.17) is 10.2 Å². The van der Waals surface area contributed by atoms with Crippen LogP contribution >= 0.6 is 0 Å². The second kappa shape index (κ2) is 12.0. The molecule has 0 saturated carbocycles. The Kier molecular flexibility index (Phi) is 11.2. The molecular weight excluding hydrogens is 292 g/mol. The number of hydrogen-bond acceptors (Lipinski definition) is 7. The summed E-state index contributed by atoms with van der Waals surface area (Å²) in [6, 6.07) is 0. The Balaban J connectivity index is 0.00000211. The lowest BCUT2D eigenvalue weighted by atomic mass is 10.4. The van der Waals surface area contributed by atoms with E-state index in [0.29, 0.717) is 39.3 Å². The number of carbonyl (C=O) groups is 3. The molecule has 0 spiro atoms. The van der Waals surface area contributed by atoms with E-state index in [2.05, 4.69) is 5.73 Å². The van der Waals surface area contributed by atoms with Crippen molar-refractivity contribution in [3.63, 3.8) is 0 Å². The maximum absolute atomic E-state index is 10.8. The van der Waals surface area contributed by atoms with E-state index in [1.54, 1.807) is 9.80 Å². The predicted molar refractivity (Wildman–Crippen MR) is 80.8 cm³/mol. The molecule has 0 atom stereocenters. The van der Waals surface area contributed by atoms with Gasteiger partial charge in [0.15, 0.2) is 0 Å². The number of carbonyl (C=O) groups excluding carboxylic acids is 1. The second-order valence-corrected chi connectivity index (χ2v) is 4.81. The van der Waals surface area contributed by atoms with Gasteiger partial charge in [-0.2, -0.15) is 0 Å². The van der Waals surface area contributed by atoms with Crippen LogP contribution in [0.5, 0.6) is 0 Å². The zero-order valence-electron chi connectivity index (χ0n) is 13.0. The molecule has 128 valence electrons. The molecule has 0 aromatic rings. The molecule has 22 heavy (non-hydrogen) atoms. The quantitative estimate of drug-likeness (QED) is 0.470. The molecule has 0 aromatic heterocycles. The molecule has 0 amide bonds. The van der Waals surface area contributed by atoms with Crippen LogP contribution in [0.3, 0.4) is 0 Å². The van der Waals surface area contributed by atoms with Gasteiger partial charge in [0.05, 0.1) is 19.6 Å². The molecule has 1 saturated heterocycles. The number of aliphatic carboxylic acids is 2. The third-order valence-corrected chi connectivity index (χ3v) is 3.25. The van der Waals surface area contributed by atoms with Gasteiger partial charge < -0.3 is 20.7 Å². The van der Waals surface area contributed by atoms with E-state index >= 15 is 0 Å². The fourth-order valence-corrected chi connectivity index (χ4v) is 2.17.